The van der Waals surface area contributed by atoms with Crippen LogP contribution in [0.4, 0.5) is 0 Å². The van der Waals surface area contributed by atoms with E-state index in [1.165, 1.54) is 5.56 Å². The lowest BCUT2D eigenvalue weighted by atomic mass is 10.00. The van der Waals surface area contributed by atoms with Gasteiger partial charge < -0.3 is 15.5 Å². The average molecular weight is 464 g/mol. The van der Waals surface area contributed by atoms with Gasteiger partial charge in [0.2, 0.25) is 0 Å². The van der Waals surface area contributed by atoms with E-state index < -0.39 is 5.91 Å². The molecule has 1 aliphatic rings. The number of carbonyl (C=O) groups excluding carboxylic acids is 1. The Hall–Kier alpha value is -4.07. The zero-order valence-electron chi connectivity index (χ0n) is 19.2. The number of nitrogens with zero attached hydrogens (tertiary/aromatic N) is 3. The first-order chi connectivity index (χ1) is 17.2. The minimum absolute atomic E-state index is 0.144. The number of furan rings is 1. The summed E-state index contributed by atoms with van der Waals surface area (Å²) in [4.78, 5) is 24.1. The van der Waals surface area contributed by atoms with Gasteiger partial charge in [-0.1, -0.05) is 48.5 Å². The molecule has 0 spiro atoms. The largest absolute Gasteiger partial charge is 0.456 e. The molecular weight excluding hydrogens is 438 g/mol. The van der Waals surface area contributed by atoms with Crippen LogP contribution in [0.15, 0.2) is 77.2 Å². The second kappa shape index (κ2) is 8.94. The van der Waals surface area contributed by atoms with Gasteiger partial charge in [0, 0.05) is 49.2 Å². The monoisotopic (exact) mass is 463 g/mol. The Morgan fingerprint density at radius 1 is 0.914 bits per heavy atom. The molecule has 0 saturated carbocycles. The lowest BCUT2D eigenvalue weighted by Gasteiger charge is -2.27. The maximum absolute atomic E-state index is 12.3. The normalized spacial score (nSPS) is 14.5. The van der Waals surface area contributed by atoms with E-state index in [9.17, 15) is 4.79 Å². The fraction of sp³-hybridized carbons (Fsp3) is 0.179. The van der Waals surface area contributed by atoms with Gasteiger partial charge in [-0.2, -0.15) is 0 Å². The molecule has 0 atom stereocenters. The average Bonchev–Trinajstić information content (AvgIpc) is 3.32. The molecule has 3 aromatic carbocycles. The number of primary amides is 1. The quantitative estimate of drug-likeness (QED) is 0.405. The number of hydrogen-bond donors (Lipinski definition) is 2. The molecule has 35 heavy (non-hydrogen) atoms. The van der Waals surface area contributed by atoms with Gasteiger partial charge in [-0.25, -0.2) is 9.97 Å². The molecule has 7 heteroatoms. The molecule has 3 heterocycles. The summed E-state index contributed by atoms with van der Waals surface area (Å²) in [5, 5.41) is 4.42. The topological polar surface area (TPSA) is 97.3 Å². The number of hydrogen-bond acceptors (Lipinski definition) is 6. The van der Waals surface area contributed by atoms with Crippen molar-refractivity contribution in [3.63, 3.8) is 0 Å². The fourth-order valence-corrected chi connectivity index (χ4v) is 4.70. The number of nitrogens with one attached hydrogen (secondary N) is 1. The van der Waals surface area contributed by atoms with Crippen LogP contribution in [0.2, 0.25) is 0 Å². The highest BCUT2D eigenvalue weighted by molar-refractivity contribution is 6.01. The molecule has 5 aromatic rings. The number of fused-ring (bicyclic) bond motifs is 2. The Balaban J connectivity index is 1.43. The summed E-state index contributed by atoms with van der Waals surface area (Å²) in [6.07, 6.45) is 0. The molecule has 1 aliphatic heterocycles. The molecule has 0 radical (unpaired) electrons. The Morgan fingerprint density at radius 2 is 1.63 bits per heavy atom. The molecule has 3 N–H and O–H groups in total. The highest BCUT2D eigenvalue weighted by Gasteiger charge is 2.20. The summed E-state index contributed by atoms with van der Waals surface area (Å²) in [5.74, 6) is 0.0931. The van der Waals surface area contributed by atoms with E-state index in [1.54, 1.807) is 0 Å². The number of piperazine rings is 1. The van der Waals surface area contributed by atoms with Gasteiger partial charge in [-0.15, -0.1) is 0 Å². The zero-order valence-corrected chi connectivity index (χ0v) is 19.2. The third-order valence-corrected chi connectivity index (χ3v) is 6.45. The van der Waals surface area contributed by atoms with Crippen molar-refractivity contribution < 1.29 is 9.21 Å². The number of para-hydroxylation sites is 2. The van der Waals surface area contributed by atoms with Crippen LogP contribution in [0.1, 0.15) is 16.1 Å². The number of benzene rings is 3. The summed E-state index contributed by atoms with van der Waals surface area (Å²) >= 11 is 0. The number of nitrogens with two attached hydrogens (primary N) is 1. The van der Waals surface area contributed by atoms with E-state index in [4.69, 9.17) is 15.1 Å². The van der Waals surface area contributed by atoms with Crippen LogP contribution in [-0.4, -0.2) is 47.0 Å². The second-order valence-electron chi connectivity index (χ2n) is 8.83. The first kappa shape index (κ1) is 21.5. The maximum atomic E-state index is 12.3. The van der Waals surface area contributed by atoms with Crippen molar-refractivity contribution >= 4 is 27.9 Å². The minimum Gasteiger partial charge on any atom is -0.456 e. The van der Waals surface area contributed by atoms with Crippen LogP contribution in [0.3, 0.4) is 0 Å². The van der Waals surface area contributed by atoms with Gasteiger partial charge in [0.25, 0.3) is 5.91 Å². The van der Waals surface area contributed by atoms with Gasteiger partial charge in [0.15, 0.2) is 5.69 Å². The van der Waals surface area contributed by atoms with Gasteiger partial charge in [-0.05, 0) is 29.8 Å². The summed E-state index contributed by atoms with van der Waals surface area (Å²) in [7, 11) is 0. The van der Waals surface area contributed by atoms with Gasteiger partial charge >= 0.3 is 0 Å². The van der Waals surface area contributed by atoms with Crippen LogP contribution in [0, 0.1) is 0 Å². The number of aromatic nitrogens is 2. The number of rotatable bonds is 5. The Kier molecular flexibility index (Phi) is 5.48. The van der Waals surface area contributed by atoms with Crippen LogP contribution in [-0.2, 0) is 6.54 Å². The Morgan fingerprint density at radius 3 is 2.40 bits per heavy atom. The first-order valence-electron chi connectivity index (χ1n) is 11.8. The minimum atomic E-state index is -0.616. The molecular formula is C28H25N5O2. The van der Waals surface area contributed by atoms with E-state index in [0.717, 1.165) is 54.8 Å². The number of amides is 1. The van der Waals surface area contributed by atoms with E-state index in [1.807, 2.05) is 54.6 Å². The zero-order chi connectivity index (χ0) is 23.8. The van der Waals surface area contributed by atoms with Crippen molar-refractivity contribution in [3.05, 3.63) is 84.1 Å². The molecule has 0 unspecified atom stereocenters. The van der Waals surface area contributed by atoms with Gasteiger partial charge in [0.05, 0.1) is 11.0 Å². The Labute approximate surface area is 202 Å². The molecule has 174 valence electrons. The van der Waals surface area contributed by atoms with Gasteiger partial charge in [0.1, 0.15) is 17.0 Å². The SMILES string of the molecule is NC(=O)c1nc2ccccc2nc1-c1ccccc1-c1cc2ccc(CN3CCNCC3)cc2o1. The summed E-state index contributed by atoms with van der Waals surface area (Å²) in [6, 6.07) is 23.6. The highest BCUT2D eigenvalue weighted by atomic mass is 16.3. The maximum Gasteiger partial charge on any atom is 0.269 e. The van der Waals surface area contributed by atoms with E-state index in [2.05, 4.69) is 33.4 Å². The van der Waals surface area contributed by atoms with Crippen molar-refractivity contribution in [3.8, 4) is 22.6 Å². The Bertz CT molecular complexity index is 1550. The molecule has 7 nitrogen and oxygen atoms in total. The molecule has 0 bridgehead atoms. The summed E-state index contributed by atoms with van der Waals surface area (Å²) in [5.41, 5.74) is 11.3. The molecule has 1 amide bonds. The van der Waals surface area contributed by atoms with Crippen molar-refractivity contribution in [2.24, 2.45) is 5.73 Å². The highest BCUT2D eigenvalue weighted by Crippen LogP contribution is 2.36. The molecule has 0 aliphatic carbocycles. The number of carbonyl (C=O) groups is 1. The summed E-state index contributed by atoms with van der Waals surface area (Å²) in [6.45, 7) is 5.04. The van der Waals surface area contributed by atoms with Crippen LogP contribution in [0.25, 0.3) is 44.6 Å². The predicted octanol–water partition coefficient (Wildman–Crippen LogP) is 4.21. The lowest BCUT2D eigenvalue weighted by Crippen LogP contribution is -2.42. The smallest absolute Gasteiger partial charge is 0.269 e. The second-order valence-corrected chi connectivity index (χ2v) is 8.83. The first-order valence-corrected chi connectivity index (χ1v) is 11.8. The molecule has 1 saturated heterocycles. The van der Waals surface area contributed by atoms with E-state index >= 15 is 0 Å². The third kappa shape index (κ3) is 4.16. The standard InChI is InChI=1S/C28H25N5O2/c29-28(34)27-26(31-22-7-3-4-8-23(22)32-27)21-6-2-1-5-20(21)25-16-19-10-9-18(15-24(19)35-25)17-33-13-11-30-12-14-33/h1-10,15-16,30H,11-14,17H2,(H2,29,34). The van der Waals surface area contributed by atoms with Crippen LogP contribution >= 0.6 is 0 Å². The fourth-order valence-electron chi connectivity index (χ4n) is 4.70. The predicted molar refractivity (Wildman–Crippen MR) is 137 cm³/mol. The van der Waals surface area contributed by atoms with Crippen molar-refractivity contribution in [1.82, 2.24) is 20.2 Å². The lowest BCUT2D eigenvalue weighted by molar-refractivity contribution is 0.0996. The van der Waals surface area contributed by atoms with E-state index in [0.29, 0.717) is 22.5 Å². The van der Waals surface area contributed by atoms with Crippen LogP contribution < -0.4 is 11.1 Å². The van der Waals surface area contributed by atoms with Crippen molar-refractivity contribution in [2.45, 2.75) is 6.54 Å². The van der Waals surface area contributed by atoms with Gasteiger partial charge in [-0.3, -0.25) is 9.69 Å². The molecule has 1 fully saturated rings. The molecule has 6 rings (SSSR count). The summed E-state index contributed by atoms with van der Waals surface area (Å²) < 4.78 is 6.34. The van der Waals surface area contributed by atoms with Crippen LogP contribution in [0.5, 0.6) is 0 Å². The molecule has 2 aromatic heterocycles. The third-order valence-electron chi connectivity index (χ3n) is 6.45. The van der Waals surface area contributed by atoms with E-state index in [-0.39, 0.29) is 5.69 Å². The van der Waals surface area contributed by atoms with Crippen molar-refractivity contribution in [2.75, 3.05) is 26.2 Å². The van der Waals surface area contributed by atoms with Crippen molar-refractivity contribution in [1.29, 1.82) is 0 Å².